The summed E-state index contributed by atoms with van der Waals surface area (Å²) in [6.07, 6.45) is 0.113. The third kappa shape index (κ3) is 4.16. The van der Waals surface area contributed by atoms with Crippen molar-refractivity contribution in [2.75, 3.05) is 0 Å². The number of aromatic nitrogens is 1. The van der Waals surface area contributed by atoms with E-state index in [0.29, 0.717) is 21.5 Å². The van der Waals surface area contributed by atoms with Crippen LogP contribution in [0.3, 0.4) is 0 Å². The molecule has 0 amide bonds. The molecule has 3 rings (SSSR count). The van der Waals surface area contributed by atoms with Gasteiger partial charge < -0.3 is 9.26 Å². The second kappa shape index (κ2) is 7.51. The summed E-state index contributed by atoms with van der Waals surface area (Å²) in [6.45, 7) is 0.0420. The van der Waals surface area contributed by atoms with Crippen LogP contribution in [0.15, 0.2) is 59.1 Å². The van der Waals surface area contributed by atoms with Crippen LogP contribution in [0.1, 0.15) is 11.3 Å². The lowest BCUT2D eigenvalue weighted by Gasteiger charge is -2.04. The molecule has 0 saturated carbocycles. The third-order valence-electron chi connectivity index (χ3n) is 3.36. The Morgan fingerprint density at radius 2 is 1.83 bits per heavy atom. The van der Waals surface area contributed by atoms with Crippen molar-refractivity contribution in [3.63, 3.8) is 0 Å². The second-order valence-corrected chi connectivity index (χ2v) is 5.96. The molecule has 6 heteroatoms. The van der Waals surface area contributed by atoms with Gasteiger partial charge in [0.1, 0.15) is 12.3 Å². The molecule has 0 fully saturated rings. The van der Waals surface area contributed by atoms with E-state index in [-0.39, 0.29) is 19.0 Å². The Bertz CT molecular complexity index is 843. The lowest BCUT2D eigenvalue weighted by Crippen LogP contribution is -2.08. The fraction of sp³-hybridized carbons (Fsp3) is 0.111. The summed E-state index contributed by atoms with van der Waals surface area (Å²) in [4.78, 5) is 11.9. The topological polar surface area (TPSA) is 52.3 Å². The van der Waals surface area contributed by atoms with Gasteiger partial charge in [-0.3, -0.25) is 4.79 Å². The highest BCUT2D eigenvalue weighted by Crippen LogP contribution is 2.22. The SMILES string of the molecule is O=C(Cc1ccccc1Cl)OCc1cc(-c2ccc(Cl)cc2)on1. The molecule has 0 aliphatic carbocycles. The summed E-state index contributed by atoms with van der Waals surface area (Å²) >= 11 is 11.9. The molecule has 24 heavy (non-hydrogen) atoms. The monoisotopic (exact) mass is 361 g/mol. The number of carbonyl (C=O) groups excluding carboxylic acids is 1. The number of esters is 1. The van der Waals surface area contributed by atoms with Crippen LogP contribution in [0.2, 0.25) is 10.0 Å². The van der Waals surface area contributed by atoms with E-state index in [2.05, 4.69) is 5.16 Å². The Balaban J connectivity index is 1.58. The maximum absolute atomic E-state index is 11.9. The van der Waals surface area contributed by atoms with Crippen LogP contribution in [0.4, 0.5) is 0 Å². The van der Waals surface area contributed by atoms with Crippen molar-refractivity contribution < 1.29 is 14.1 Å². The number of hydrogen-bond acceptors (Lipinski definition) is 4. The molecule has 0 bridgehead atoms. The van der Waals surface area contributed by atoms with E-state index in [1.54, 1.807) is 30.3 Å². The van der Waals surface area contributed by atoms with Gasteiger partial charge in [-0.25, -0.2) is 0 Å². The highest BCUT2D eigenvalue weighted by Gasteiger charge is 2.11. The van der Waals surface area contributed by atoms with Crippen molar-refractivity contribution in [2.24, 2.45) is 0 Å². The first kappa shape index (κ1) is 16.6. The molecule has 122 valence electrons. The van der Waals surface area contributed by atoms with Gasteiger partial charge in [-0.15, -0.1) is 0 Å². The molecule has 1 heterocycles. The van der Waals surface area contributed by atoms with Gasteiger partial charge in [0.2, 0.25) is 0 Å². The van der Waals surface area contributed by atoms with Crippen molar-refractivity contribution in [3.05, 3.63) is 75.9 Å². The van der Waals surface area contributed by atoms with E-state index in [1.165, 1.54) is 0 Å². The fourth-order valence-corrected chi connectivity index (χ4v) is 2.46. The van der Waals surface area contributed by atoms with Gasteiger partial charge in [0.05, 0.1) is 6.42 Å². The van der Waals surface area contributed by atoms with Crippen LogP contribution < -0.4 is 0 Å². The highest BCUT2D eigenvalue weighted by molar-refractivity contribution is 6.31. The van der Waals surface area contributed by atoms with Crippen LogP contribution in [0.25, 0.3) is 11.3 Å². The van der Waals surface area contributed by atoms with E-state index in [1.807, 2.05) is 24.3 Å². The zero-order valence-corrected chi connectivity index (χ0v) is 14.1. The van der Waals surface area contributed by atoms with Gasteiger partial charge >= 0.3 is 5.97 Å². The molecule has 0 aliphatic rings. The van der Waals surface area contributed by atoms with E-state index >= 15 is 0 Å². The number of hydrogen-bond donors (Lipinski definition) is 0. The van der Waals surface area contributed by atoms with Crippen LogP contribution in [-0.2, 0) is 22.6 Å². The van der Waals surface area contributed by atoms with Crippen molar-refractivity contribution in [1.29, 1.82) is 0 Å². The normalized spacial score (nSPS) is 10.6. The Hall–Kier alpha value is -2.30. The Morgan fingerprint density at radius 3 is 2.58 bits per heavy atom. The Labute approximate surface area is 148 Å². The zero-order valence-electron chi connectivity index (χ0n) is 12.5. The van der Waals surface area contributed by atoms with Gasteiger partial charge in [0, 0.05) is 21.7 Å². The standard InChI is InChI=1S/C18H13Cl2NO3/c19-14-7-5-12(6-8-14)17-10-15(21-24-17)11-23-18(22)9-13-3-1-2-4-16(13)20/h1-8,10H,9,11H2. The van der Waals surface area contributed by atoms with Gasteiger partial charge in [-0.05, 0) is 35.9 Å². The predicted octanol–water partition coefficient (Wildman–Crippen LogP) is 4.93. The molecule has 0 N–H and O–H groups in total. The summed E-state index contributed by atoms with van der Waals surface area (Å²) in [5, 5.41) is 5.09. The summed E-state index contributed by atoms with van der Waals surface area (Å²) in [5.74, 6) is 0.211. The summed E-state index contributed by atoms with van der Waals surface area (Å²) < 4.78 is 10.5. The summed E-state index contributed by atoms with van der Waals surface area (Å²) in [5.41, 5.74) is 2.11. The molecule has 0 radical (unpaired) electrons. The minimum atomic E-state index is -0.376. The second-order valence-electron chi connectivity index (χ2n) is 5.12. The smallest absolute Gasteiger partial charge is 0.310 e. The van der Waals surface area contributed by atoms with Crippen LogP contribution >= 0.6 is 23.2 Å². The first-order valence-electron chi connectivity index (χ1n) is 7.22. The van der Waals surface area contributed by atoms with Crippen LogP contribution in [0, 0.1) is 0 Å². The van der Waals surface area contributed by atoms with Crippen molar-refractivity contribution >= 4 is 29.2 Å². The predicted molar refractivity (Wildman–Crippen MR) is 91.9 cm³/mol. The molecule has 0 spiro atoms. The molecule has 0 unspecified atom stereocenters. The Morgan fingerprint density at radius 1 is 1.08 bits per heavy atom. The molecule has 0 aliphatic heterocycles. The molecule has 2 aromatic carbocycles. The molecule has 0 atom stereocenters. The average Bonchev–Trinajstić information content (AvgIpc) is 3.05. The average molecular weight is 362 g/mol. The third-order valence-corrected chi connectivity index (χ3v) is 3.98. The maximum Gasteiger partial charge on any atom is 0.310 e. The zero-order chi connectivity index (χ0) is 16.9. The van der Waals surface area contributed by atoms with E-state index < -0.39 is 0 Å². The van der Waals surface area contributed by atoms with Gasteiger partial charge in [-0.1, -0.05) is 46.6 Å². The first-order chi connectivity index (χ1) is 11.6. The molecule has 3 aromatic rings. The fourth-order valence-electron chi connectivity index (χ4n) is 2.13. The van der Waals surface area contributed by atoms with Gasteiger partial charge in [0.25, 0.3) is 0 Å². The summed E-state index contributed by atoms with van der Waals surface area (Å²) in [7, 11) is 0. The lowest BCUT2D eigenvalue weighted by atomic mass is 10.1. The largest absolute Gasteiger partial charge is 0.459 e. The number of nitrogens with zero attached hydrogens (tertiary/aromatic N) is 1. The molecular formula is C18H13Cl2NO3. The minimum absolute atomic E-state index is 0.0420. The van der Waals surface area contributed by atoms with E-state index in [9.17, 15) is 4.79 Å². The highest BCUT2D eigenvalue weighted by atomic mass is 35.5. The van der Waals surface area contributed by atoms with Gasteiger partial charge in [-0.2, -0.15) is 0 Å². The lowest BCUT2D eigenvalue weighted by molar-refractivity contribution is -0.144. The number of ether oxygens (including phenoxy) is 1. The first-order valence-corrected chi connectivity index (χ1v) is 7.98. The van der Waals surface area contributed by atoms with Crippen molar-refractivity contribution in [3.8, 4) is 11.3 Å². The molecule has 4 nitrogen and oxygen atoms in total. The van der Waals surface area contributed by atoms with Gasteiger partial charge in [0.15, 0.2) is 5.76 Å². The number of halogens is 2. The number of carbonyl (C=O) groups is 1. The maximum atomic E-state index is 11.9. The molecular weight excluding hydrogens is 349 g/mol. The van der Waals surface area contributed by atoms with E-state index in [4.69, 9.17) is 32.5 Å². The quantitative estimate of drug-likeness (QED) is 0.604. The Kier molecular flexibility index (Phi) is 5.18. The molecule has 0 saturated heterocycles. The van der Waals surface area contributed by atoms with Crippen LogP contribution in [0.5, 0.6) is 0 Å². The molecule has 1 aromatic heterocycles. The van der Waals surface area contributed by atoms with E-state index in [0.717, 1.165) is 11.1 Å². The van der Waals surface area contributed by atoms with Crippen LogP contribution in [-0.4, -0.2) is 11.1 Å². The summed E-state index contributed by atoms with van der Waals surface area (Å²) in [6, 6.07) is 16.1. The minimum Gasteiger partial charge on any atom is -0.459 e. The van der Waals surface area contributed by atoms with Crippen molar-refractivity contribution in [1.82, 2.24) is 5.16 Å². The van der Waals surface area contributed by atoms with Crippen molar-refractivity contribution in [2.45, 2.75) is 13.0 Å². The number of rotatable bonds is 5. The number of benzene rings is 2.